The lowest BCUT2D eigenvalue weighted by molar-refractivity contribution is 0.589. The van der Waals surface area contributed by atoms with Crippen molar-refractivity contribution in [3.8, 4) is 77.9 Å². The van der Waals surface area contributed by atoms with Crippen LogP contribution in [0.25, 0.3) is 77.9 Å². The van der Waals surface area contributed by atoms with E-state index in [0.29, 0.717) is 0 Å². The molecule has 1 nitrogen and oxygen atoms in total. The zero-order valence-corrected chi connectivity index (χ0v) is 51.4. The fourth-order valence-corrected chi connectivity index (χ4v) is 16.1. The minimum absolute atomic E-state index is 0.0147. The lowest BCUT2D eigenvalue weighted by Gasteiger charge is -2.33. The molecule has 0 amide bonds. The predicted octanol–water partition coefficient (Wildman–Crippen LogP) is 22.7. The Hall–Kier alpha value is -9.56. The minimum Gasteiger partial charge on any atom is -0.310 e. The van der Waals surface area contributed by atoms with E-state index in [1.165, 1.54) is 139 Å². The summed E-state index contributed by atoms with van der Waals surface area (Å²) in [5, 5.41) is 0. The molecule has 16 rings (SSSR count). The Bertz CT molecular complexity index is 4720. The average molecular weight is 1120 g/mol. The molecule has 420 valence electrons. The van der Waals surface area contributed by atoms with Gasteiger partial charge in [-0.2, -0.15) is 0 Å². The smallest absolute Gasteiger partial charge is 0.0726 e. The van der Waals surface area contributed by atoms with Crippen molar-refractivity contribution in [2.75, 3.05) is 4.90 Å². The molecule has 1 spiro atoms. The fraction of sp³-hybridized carbons (Fsp3) is 0.163. The van der Waals surface area contributed by atoms with Gasteiger partial charge in [0.1, 0.15) is 0 Å². The highest BCUT2D eigenvalue weighted by molar-refractivity contribution is 5.98. The third kappa shape index (κ3) is 7.71. The Balaban J connectivity index is 0.863. The minimum atomic E-state index is -0.530. The van der Waals surface area contributed by atoms with Crippen LogP contribution in [0.1, 0.15) is 124 Å². The summed E-state index contributed by atoms with van der Waals surface area (Å²) in [7, 11) is 0. The van der Waals surface area contributed by atoms with Gasteiger partial charge in [-0.3, -0.25) is 0 Å². The third-order valence-electron chi connectivity index (χ3n) is 20.5. The molecule has 0 radical (unpaired) electrons. The van der Waals surface area contributed by atoms with Crippen molar-refractivity contribution in [3.05, 3.63) is 328 Å². The quantitative estimate of drug-likeness (QED) is 0.154. The first-order valence-corrected chi connectivity index (χ1v) is 31.2. The van der Waals surface area contributed by atoms with Gasteiger partial charge in [0.25, 0.3) is 0 Å². The van der Waals surface area contributed by atoms with Gasteiger partial charge in [0.05, 0.1) is 5.41 Å². The van der Waals surface area contributed by atoms with Crippen molar-refractivity contribution >= 4 is 17.1 Å². The normalized spacial score (nSPS) is 15.9. The predicted molar refractivity (Wildman–Crippen MR) is 366 cm³/mol. The van der Waals surface area contributed by atoms with E-state index in [1.807, 2.05) is 0 Å². The molecule has 4 aliphatic carbocycles. The van der Waals surface area contributed by atoms with E-state index in [9.17, 15) is 0 Å². The van der Waals surface area contributed by atoms with Gasteiger partial charge in [-0.05, 0) is 199 Å². The van der Waals surface area contributed by atoms with Crippen LogP contribution in [0, 0.1) is 0 Å². The molecule has 12 aromatic rings. The lowest BCUT2D eigenvalue weighted by atomic mass is 9.70. The Kier molecular flexibility index (Phi) is 11.5. The van der Waals surface area contributed by atoms with Crippen LogP contribution in [0.2, 0.25) is 0 Å². The third-order valence-corrected chi connectivity index (χ3v) is 20.5. The number of fused-ring (bicyclic) bond motifs is 16. The van der Waals surface area contributed by atoms with Gasteiger partial charge in [0, 0.05) is 27.9 Å². The molecule has 12 aromatic carbocycles. The molecule has 0 aromatic heterocycles. The number of hydrogen-bond donors (Lipinski definition) is 0. The Labute approximate surface area is 514 Å². The number of anilines is 3. The van der Waals surface area contributed by atoms with Gasteiger partial charge in [-0.25, -0.2) is 0 Å². The van der Waals surface area contributed by atoms with Crippen molar-refractivity contribution < 1.29 is 0 Å². The molecule has 4 aliphatic rings. The number of benzene rings is 12. The molecule has 1 atom stereocenters. The van der Waals surface area contributed by atoms with Crippen molar-refractivity contribution in [1.82, 2.24) is 0 Å². The summed E-state index contributed by atoms with van der Waals surface area (Å²) < 4.78 is 0. The zero-order chi connectivity index (χ0) is 59.4. The van der Waals surface area contributed by atoms with E-state index >= 15 is 0 Å². The molecule has 0 saturated carbocycles. The SMILES string of the molecule is CC(C)(C)c1ccc2c(c1)-c1cc(C(C)(C)C)ccc1C21c2ccccc2-c2ccc(N(c3ccc(-c4ccc5c(c4)C(C)(c4ccccc4)c4ccccc4-5)cc3)c3ccc(-c4ccccc4-c4cccc5c4C(C)(C)c4ccccc4-5)cc3)cc21. The summed E-state index contributed by atoms with van der Waals surface area (Å²) in [6, 6.07) is 102. The van der Waals surface area contributed by atoms with Gasteiger partial charge in [0.15, 0.2) is 0 Å². The highest BCUT2D eigenvalue weighted by Gasteiger charge is 2.52. The summed E-state index contributed by atoms with van der Waals surface area (Å²) in [6.07, 6.45) is 0. The molecule has 0 aliphatic heterocycles. The lowest BCUT2D eigenvalue weighted by Crippen LogP contribution is -2.26. The van der Waals surface area contributed by atoms with Crippen molar-refractivity contribution in [1.29, 1.82) is 0 Å². The van der Waals surface area contributed by atoms with Crippen LogP contribution in [0.3, 0.4) is 0 Å². The van der Waals surface area contributed by atoms with Crippen molar-refractivity contribution in [3.63, 3.8) is 0 Å². The van der Waals surface area contributed by atoms with Gasteiger partial charge in [-0.1, -0.05) is 280 Å². The first-order valence-electron chi connectivity index (χ1n) is 31.2. The van der Waals surface area contributed by atoms with Gasteiger partial charge >= 0.3 is 0 Å². The molecule has 1 heteroatoms. The van der Waals surface area contributed by atoms with Crippen LogP contribution < -0.4 is 4.90 Å². The topological polar surface area (TPSA) is 3.24 Å². The summed E-state index contributed by atoms with van der Waals surface area (Å²) in [5.41, 5.74) is 35.1. The van der Waals surface area contributed by atoms with E-state index in [2.05, 4.69) is 334 Å². The zero-order valence-electron chi connectivity index (χ0n) is 51.4. The van der Waals surface area contributed by atoms with E-state index in [4.69, 9.17) is 0 Å². The fourth-order valence-electron chi connectivity index (χ4n) is 16.1. The van der Waals surface area contributed by atoms with Crippen LogP contribution in [0.5, 0.6) is 0 Å². The summed E-state index contributed by atoms with van der Waals surface area (Å²) in [5.74, 6) is 0. The Morgan fingerprint density at radius 3 is 1.30 bits per heavy atom. The van der Waals surface area contributed by atoms with Gasteiger partial charge < -0.3 is 4.90 Å². The Morgan fingerprint density at radius 1 is 0.264 bits per heavy atom. The second kappa shape index (κ2) is 19.0. The van der Waals surface area contributed by atoms with Crippen LogP contribution in [0.4, 0.5) is 17.1 Å². The number of rotatable bonds is 7. The highest BCUT2D eigenvalue weighted by Crippen LogP contribution is 2.64. The largest absolute Gasteiger partial charge is 0.310 e. The summed E-state index contributed by atoms with van der Waals surface area (Å²) in [6.45, 7) is 21.2. The molecular weight excluding hydrogens is 1050 g/mol. The van der Waals surface area contributed by atoms with Crippen molar-refractivity contribution in [2.24, 2.45) is 0 Å². The van der Waals surface area contributed by atoms with Gasteiger partial charge in [-0.15, -0.1) is 0 Å². The van der Waals surface area contributed by atoms with E-state index in [0.717, 1.165) is 17.1 Å². The van der Waals surface area contributed by atoms with Gasteiger partial charge in [0.2, 0.25) is 0 Å². The number of hydrogen-bond acceptors (Lipinski definition) is 1. The van der Waals surface area contributed by atoms with E-state index < -0.39 is 5.41 Å². The molecule has 0 saturated heterocycles. The average Bonchev–Trinajstić information content (AvgIpc) is 1.52. The maximum Gasteiger partial charge on any atom is 0.0726 e. The second-order valence-corrected chi connectivity index (χ2v) is 27.7. The van der Waals surface area contributed by atoms with Crippen LogP contribution >= 0.6 is 0 Å². The van der Waals surface area contributed by atoms with Crippen LogP contribution in [-0.4, -0.2) is 0 Å². The molecule has 1 unspecified atom stereocenters. The first kappa shape index (κ1) is 53.0. The molecule has 0 heterocycles. The maximum atomic E-state index is 2.54. The Morgan fingerprint density at radius 2 is 0.690 bits per heavy atom. The standard InChI is InChI=1S/C86H71N/c1-82(2,3)58-39-48-77-72(51-58)73-52-59(83(4,5)6)40-49-78(73)86(77)76-33-20-17-27-66(76)69-47-45-62(53-80(69)86)87(60-41-34-54(35-42-60)56-38-46-68-65-26-16-19-32-75(65)85(9,79(68)50-56)57-22-11-10-12-23-57)61-43-36-55(37-44-61)63-24-13-14-25-64(63)70-29-21-30-71-67-28-15-18-31-74(67)84(7,8)81(70)71/h10-53H,1-9H3. The first-order chi connectivity index (χ1) is 42.0. The van der Waals surface area contributed by atoms with E-state index in [-0.39, 0.29) is 21.7 Å². The molecule has 0 N–H and O–H groups in total. The highest BCUT2D eigenvalue weighted by atomic mass is 15.1. The van der Waals surface area contributed by atoms with Crippen LogP contribution in [-0.2, 0) is 27.1 Å². The molecule has 0 fully saturated rings. The molecular formula is C86H71N. The number of nitrogens with zero attached hydrogens (tertiary/aromatic N) is 1. The maximum absolute atomic E-state index is 2.54. The monoisotopic (exact) mass is 1120 g/mol. The van der Waals surface area contributed by atoms with Crippen molar-refractivity contribution in [2.45, 2.75) is 89.4 Å². The summed E-state index contributed by atoms with van der Waals surface area (Å²) in [4.78, 5) is 2.49. The summed E-state index contributed by atoms with van der Waals surface area (Å²) >= 11 is 0. The van der Waals surface area contributed by atoms with E-state index in [1.54, 1.807) is 0 Å². The van der Waals surface area contributed by atoms with Crippen LogP contribution in [0.15, 0.2) is 267 Å². The second-order valence-electron chi connectivity index (χ2n) is 27.7. The molecule has 0 bridgehead atoms. The molecule has 87 heavy (non-hydrogen) atoms.